The first-order chi connectivity index (χ1) is 7.80. The Morgan fingerprint density at radius 1 is 1.35 bits per heavy atom. The summed E-state index contributed by atoms with van der Waals surface area (Å²) in [5.41, 5.74) is 0. The molecule has 1 aliphatic heterocycles. The van der Waals surface area contributed by atoms with Gasteiger partial charge >= 0.3 is 18.1 Å². The topological polar surface area (TPSA) is 78.4 Å². The molecule has 0 saturated carbocycles. The van der Waals surface area contributed by atoms with E-state index >= 15 is 0 Å². The quantitative estimate of drug-likeness (QED) is 0.668. The lowest BCUT2D eigenvalue weighted by atomic mass is 9.95. The third-order valence-corrected chi connectivity index (χ3v) is 2.62. The first-order valence-corrected chi connectivity index (χ1v) is 5.12. The van der Waals surface area contributed by atoms with Crippen LogP contribution in [0.4, 0.5) is 13.2 Å². The van der Waals surface area contributed by atoms with E-state index in [4.69, 9.17) is 5.11 Å². The van der Waals surface area contributed by atoms with Gasteiger partial charge in [0.1, 0.15) is 6.04 Å². The number of aliphatic carboxylic acids is 1. The molecule has 0 radical (unpaired) electrons. The summed E-state index contributed by atoms with van der Waals surface area (Å²) < 4.78 is 35.6. The lowest BCUT2D eigenvalue weighted by Gasteiger charge is -2.27. The van der Waals surface area contributed by atoms with Crippen molar-refractivity contribution in [3.63, 3.8) is 0 Å². The number of carboxylic acids is 1. The summed E-state index contributed by atoms with van der Waals surface area (Å²) in [7, 11) is 0. The molecule has 2 atom stereocenters. The van der Waals surface area contributed by atoms with Gasteiger partial charge in [0.2, 0.25) is 0 Å². The number of piperidine rings is 1. The molecule has 1 saturated heterocycles. The van der Waals surface area contributed by atoms with Crippen molar-refractivity contribution in [2.24, 2.45) is 5.92 Å². The molecule has 8 heteroatoms. The van der Waals surface area contributed by atoms with Crippen molar-refractivity contribution < 1.29 is 27.9 Å². The van der Waals surface area contributed by atoms with Crippen molar-refractivity contribution >= 4 is 11.9 Å². The normalized spacial score (nSPS) is 25.4. The maximum atomic E-state index is 11.9. The smallest absolute Gasteiger partial charge is 0.471 e. The Kier molecular flexibility index (Phi) is 4.33. The summed E-state index contributed by atoms with van der Waals surface area (Å²) in [5, 5.41) is 13.2. The van der Waals surface area contributed by atoms with Crippen LogP contribution in [0.3, 0.4) is 0 Å². The zero-order valence-electron chi connectivity index (χ0n) is 8.88. The largest absolute Gasteiger partial charge is 0.480 e. The molecule has 0 aromatic rings. The third-order valence-electron chi connectivity index (χ3n) is 2.62. The second-order valence-corrected chi connectivity index (χ2v) is 3.95. The Hall–Kier alpha value is -1.31. The van der Waals surface area contributed by atoms with Crippen LogP contribution in [0, 0.1) is 5.92 Å². The molecule has 0 spiro atoms. The standard InChI is InChI=1S/C9H13F3N2O3/c10-9(11,12)8(17)14-4-5-1-2-6(7(15)16)13-3-5/h5-6,13H,1-4H2,(H,14,17)(H,15,16). The van der Waals surface area contributed by atoms with Gasteiger partial charge < -0.3 is 15.7 Å². The van der Waals surface area contributed by atoms with Crippen LogP contribution in [0.15, 0.2) is 0 Å². The van der Waals surface area contributed by atoms with Gasteiger partial charge in [-0.3, -0.25) is 9.59 Å². The maximum absolute atomic E-state index is 11.9. The molecule has 1 aliphatic rings. The number of alkyl halides is 3. The summed E-state index contributed by atoms with van der Waals surface area (Å²) in [5.74, 6) is -3.10. The first-order valence-electron chi connectivity index (χ1n) is 5.12. The molecule has 0 aromatic heterocycles. The van der Waals surface area contributed by atoms with Crippen molar-refractivity contribution in [1.29, 1.82) is 0 Å². The van der Waals surface area contributed by atoms with E-state index in [2.05, 4.69) is 5.32 Å². The van der Waals surface area contributed by atoms with Crippen LogP contribution in [0.25, 0.3) is 0 Å². The molecule has 3 N–H and O–H groups in total. The summed E-state index contributed by atoms with van der Waals surface area (Å²) in [6, 6.07) is -0.649. The second kappa shape index (κ2) is 5.35. The molecule has 0 bridgehead atoms. The minimum atomic E-state index is -4.87. The molecule has 1 fully saturated rings. The number of nitrogens with one attached hydrogen (secondary N) is 2. The molecule has 1 rings (SSSR count). The van der Waals surface area contributed by atoms with E-state index in [9.17, 15) is 22.8 Å². The van der Waals surface area contributed by atoms with Crippen LogP contribution in [0.1, 0.15) is 12.8 Å². The minimum absolute atomic E-state index is 0.0995. The van der Waals surface area contributed by atoms with Gasteiger partial charge in [0.15, 0.2) is 0 Å². The number of carbonyl (C=O) groups excluding carboxylic acids is 1. The Labute approximate surface area is 95.4 Å². The summed E-state index contributed by atoms with van der Waals surface area (Å²) >= 11 is 0. The molecular formula is C9H13F3N2O3. The van der Waals surface area contributed by atoms with Gasteiger partial charge in [-0.25, -0.2) is 0 Å². The molecule has 98 valence electrons. The first kappa shape index (κ1) is 13.8. The number of carbonyl (C=O) groups is 2. The van der Waals surface area contributed by atoms with Crippen molar-refractivity contribution in [3.05, 3.63) is 0 Å². The predicted molar refractivity (Wildman–Crippen MR) is 51.2 cm³/mol. The van der Waals surface area contributed by atoms with Gasteiger partial charge in [0.05, 0.1) is 0 Å². The number of hydrogen-bond acceptors (Lipinski definition) is 3. The van der Waals surface area contributed by atoms with Crippen LogP contribution in [0.5, 0.6) is 0 Å². The third kappa shape index (κ3) is 4.22. The van der Waals surface area contributed by atoms with Crippen LogP contribution in [-0.4, -0.2) is 42.3 Å². The Morgan fingerprint density at radius 2 is 2.00 bits per heavy atom. The van der Waals surface area contributed by atoms with E-state index in [0.29, 0.717) is 12.8 Å². The van der Waals surface area contributed by atoms with E-state index in [1.54, 1.807) is 5.32 Å². The Balaban J connectivity index is 2.28. The van der Waals surface area contributed by atoms with Crippen molar-refractivity contribution in [3.8, 4) is 0 Å². The van der Waals surface area contributed by atoms with Gasteiger partial charge in [-0.1, -0.05) is 0 Å². The fourth-order valence-corrected chi connectivity index (χ4v) is 1.64. The zero-order valence-corrected chi connectivity index (χ0v) is 8.88. The van der Waals surface area contributed by atoms with Gasteiger partial charge in [0, 0.05) is 13.1 Å². The monoisotopic (exact) mass is 254 g/mol. The highest BCUT2D eigenvalue weighted by atomic mass is 19.4. The molecule has 17 heavy (non-hydrogen) atoms. The van der Waals surface area contributed by atoms with Crippen molar-refractivity contribution in [1.82, 2.24) is 10.6 Å². The number of amides is 1. The molecule has 2 unspecified atom stereocenters. The molecule has 0 aliphatic carbocycles. The van der Waals surface area contributed by atoms with Crippen LogP contribution in [0.2, 0.25) is 0 Å². The van der Waals surface area contributed by atoms with Crippen molar-refractivity contribution in [2.45, 2.75) is 25.1 Å². The maximum Gasteiger partial charge on any atom is 0.471 e. The number of hydrogen-bond donors (Lipinski definition) is 3. The Morgan fingerprint density at radius 3 is 2.41 bits per heavy atom. The van der Waals surface area contributed by atoms with E-state index in [-0.39, 0.29) is 19.0 Å². The average molecular weight is 254 g/mol. The van der Waals surface area contributed by atoms with E-state index in [1.807, 2.05) is 0 Å². The molecule has 1 amide bonds. The molecule has 1 heterocycles. The number of rotatable bonds is 3. The highest BCUT2D eigenvalue weighted by Gasteiger charge is 2.38. The van der Waals surface area contributed by atoms with Crippen molar-refractivity contribution in [2.75, 3.05) is 13.1 Å². The number of halogens is 3. The fraction of sp³-hybridized carbons (Fsp3) is 0.778. The molecule has 5 nitrogen and oxygen atoms in total. The highest BCUT2D eigenvalue weighted by Crippen LogP contribution is 2.16. The van der Waals surface area contributed by atoms with E-state index in [0.717, 1.165) is 0 Å². The molecular weight excluding hydrogens is 241 g/mol. The SMILES string of the molecule is O=C(O)C1CCC(CNC(=O)C(F)(F)F)CN1. The van der Waals surface area contributed by atoms with Gasteiger partial charge in [-0.05, 0) is 18.8 Å². The average Bonchev–Trinajstić information content (AvgIpc) is 2.25. The van der Waals surface area contributed by atoms with Crippen LogP contribution in [-0.2, 0) is 9.59 Å². The number of carboxylic acid groups (broad SMARTS) is 1. The lowest BCUT2D eigenvalue weighted by Crippen LogP contribution is -2.48. The highest BCUT2D eigenvalue weighted by molar-refractivity contribution is 5.81. The summed E-state index contributed by atoms with van der Waals surface area (Å²) in [4.78, 5) is 21.1. The second-order valence-electron chi connectivity index (χ2n) is 3.95. The van der Waals surface area contributed by atoms with Gasteiger partial charge in [0.25, 0.3) is 0 Å². The zero-order chi connectivity index (χ0) is 13.1. The molecule has 0 aromatic carbocycles. The fourth-order valence-electron chi connectivity index (χ4n) is 1.64. The summed E-state index contributed by atoms with van der Waals surface area (Å²) in [6.45, 7) is 0.187. The predicted octanol–water partition coefficient (Wildman–Crippen LogP) is 0.118. The lowest BCUT2D eigenvalue weighted by molar-refractivity contribution is -0.173. The van der Waals surface area contributed by atoms with Crippen LogP contribution < -0.4 is 10.6 Å². The Bertz CT molecular complexity index is 298. The van der Waals surface area contributed by atoms with Gasteiger partial charge in [-0.15, -0.1) is 0 Å². The van der Waals surface area contributed by atoms with E-state index < -0.39 is 24.1 Å². The van der Waals surface area contributed by atoms with Gasteiger partial charge in [-0.2, -0.15) is 13.2 Å². The van der Waals surface area contributed by atoms with E-state index in [1.165, 1.54) is 0 Å². The summed E-state index contributed by atoms with van der Waals surface area (Å²) in [6.07, 6.45) is -4.05. The van der Waals surface area contributed by atoms with Crippen LogP contribution >= 0.6 is 0 Å². The minimum Gasteiger partial charge on any atom is -0.480 e.